The number of benzene rings is 4. The standard InChI is InChI=1S/C26H24O4/c1-3-29-25(27)21-13-19-17-9-5-7-15-11-12-16-8-6-10-18(24(16)23(15)17)20(19)14-22(21)26(28)30-4-2/h5-12,21-22H,3-4,13-14H2,1-2H3/t21-,22+. The van der Waals surface area contributed by atoms with Crippen LogP contribution in [0.4, 0.5) is 0 Å². The summed E-state index contributed by atoms with van der Waals surface area (Å²) in [5.41, 5.74) is 2.32. The van der Waals surface area contributed by atoms with Crippen LogP contribution in [0.15, 0.2) is 48.5 Å². The summed E-state index contributed by atoms with van der Waals surface area (Å²) < 4.78 is 10.7. The molecule has 2 atom stereocenters. The summed E-state index contributed by atoms with van der Waals surface area (Å²) in [5.74, 6) is -1.68. The molecule has 1 aliphatic carbocycles. The number of hydrogen-bond donors (Lipinski definition) is 0. The van der Waals surface area contributed by atoms with E-state index in [2.05, 4.69) is 48.5 Å². The van der Waals surface area contributed by atoms with Gasteiger partial charge < -0.3 is 9.47 Å². The van der Waals surface area contributed by atoms with Gasteiger partial charge in [-0.25, -0.2) is 0 Å². The summed E-state index contributed by atoms with van der Waals surface area (Å²) in [6, 6.07) is 17.0. The Kier molecular flexibility index (Phi) is 4.58. The number of carbonyl (C=O) groups excluding carboxylic acids is 2. The monoisotopic (exact) mass is 400 g/mol. The quantitative estimate of drug-likeness (QED) is 0.356. The van der Waals surface area contributed by atoms with E-state index < -0.39 is 11.8 Å². The zero-order chi connectivity index (χ0) is 20.8. The Hall–Kier alpha value is -3.14. The lowest BCUT2D eigenvalue weighted by molar-refractivity contribution is -0.160. The predicted molar refractivity (Wildman–Crippen MR) is 118 cm³/mol. The minimum absolute atomic E-state index is 0.300. The first kappa shape index (κ1) is 18.9. The highest BCUT2D eigenvalue weighted by atomic mass is 16.5. The summed E-state index contributed by atoms with van der Waals surface area (Å²) in [6.45, 7) is 4.19. The van der Waals surface area contributed by atoms with E-state index in [1.165, 1.54) is 32.3 Å². The predicted octanol–water partition coefficient (Wildman–Crippen LogP) is 5.04. The molecule has 0 saturated carbocycles. The van der Waals surface area contributed by atoms with Crippen molar-refractivity contribution < 1.29 is 19.1 Å². The van der Waals surface area contributed by atoms with E-state index in [-0.39, 0.29) is 11.9 Å². The van der Waals surface area contributed by atoms with Crippen molar-refractivity contribution in [2.75, 3.05) is 13.2 Å². The van der Waals surface area contributed by atoms with Gasteiger partial charge in [-0.2, -0.15) is 0 Å². The minimum Gasteiger partial charge on any atom is -0.466 e. The van der Waals surface area contributed by atoms with Crippen LogP contribution in [0.5, 0.6) is 0 Å². The molecule has 0 bridgehead atoms. The summed E-state index contributed by atoms with van der Waals surface area (Å²) in [5, 5.41) is 7.20. The van der Waals surface area contributed by atoms with Gasteiger partial charge in [0.2, 0.25) is 0 Å². The Bertz CT molecular complexity index is 1170. The second-order valence-corrected chi connectivity index (χ2v) is 7.96. The van der Waals surface area contributed by atoms with E-state index in [0.717, 1.165) is 11.1 Å². The summed E-state index contributed by atoms with van der Waals surface area (Å²) in [4.78, 5) is 25.6. The van der Waals surface area contributed by atoms with Crippen LogP contribution in [-0.4, -0.2) is 25.2 Å². The molecule has 0 heterocycles. The Morgan fingerprint density at radius 3 is 1.57 bits per heavy atom. The van der Waals surface area contributed by atoms with Crippen LogP contribution >= 0.6 is 0 Å². The van der Waals surface area contributed by atoms with E-state index >= 15 is 0 Å². The fourth-order valence-corrected chi connectivity index (χ4v) is 5.17. The van der Waals surface area contributed by atoms with Crippen molar-refractivity contribution in [2.45, 2.75) is 26.7 Å². The van der Waals surface area contributed by atoms with Crippen LogP contribution < -0.4 is 0 Å². The zero-order valence-electron chi connectivity index (χ0n) is 17.2. The van der Waals surface area contributed by atoms with Crippen molar-refractivity contribution in [2.24, 2.45) is 11.8 Å². The number of hydrogen-bond acceptors (Lipinski definition) is 4. The number of esters is 2. The smallest absolute Gasteiger partial charge is 0.310 e. The Balaban J connectivity index is 1.79. The van der Waals surface area contributed by atoms with Crippen LogP contribution in [0, 0.1) is 11.8 Å². The van der Waals surface area contributed by atoms with Crippen molar-refractivity contribution in [3.8, 4) is 0 Å². The average Bonchev–Trinajstić information content (AvgIpc) is 2.77. The molecule has 4 nitrogen and oxygen atoms in total. The summed E-state index contributed by atoms with van der Waals surface area (Å²) >= 11 is 0. The van der Waals surface area contributed by atoms with Crippen LogP contribution in [0.3, 0.4) is 0 Å². The summed E-state index contributed by atoms with van der Waals surface area (Å²) in [6.07, 6.45) is 0.975. The zero-order valence-corrected chi connectivity index (χ0v) is 17.2. The highest BCUT2D eigenvalue weighted by Gasteiger charge is 2.41. The van der Waals surface area contributed by atoms with Gasteiger partial charge in [-0.1, -0.05) is 48.5 Å². The van der Waals surface area contributed by atoms with Crippen LogP contribution in [0.1, 0.15) is 25.0 Å². The Morgan fingerprint density at radius 1 is 0.733 bits per heavy atom. The third-order valence-electron chi connectivity index (χ3n) is 6.41. The van der Waals surface area contributed by atoms with Crippen molar-refractivity contribution in [3.63, 3.8) is 0 Å². The van der Waals surface area contributed by atoms with Gasteiger partial charge in [-0.05, 0) is 70.1 Å². The molecule has 4 aromatic carbocycles. The number of ether oxygens (including phenoxy) is 2. The van der Waals surface area contributed by atoms with Gasteiger partial charge in [0.25, 0.3) is 0 Å². The Morgan fingerprint density at radius 2 is 1.17 bits per heavy atom. The van der Waals surface area contributed by atoms with E-state index in [1.54, 1.807) is 13.8 Å². The van der Waals surface area contributed by atoms with Crippen LogP contribution in [0.2, 0.25) is 0 Å². The Labute approximate surface area is 175 Å². The first-order valence-corrected chi connectivity index (χ1v) is 10.6. The van der Waals surface area contributed by atoms with Crippen LogP contribution in [-0.2, 0) is 31.9 Å². The fraction of sp³-hybridized carbons (Fsp3) is 0.308. The minimum atomic E-state index is -0.525. The van der Waals surface area contributed by atoms with E-state index in [9.17, 15) is 9.59 Å². The second kappa shape index (κ2) is 7.28. The first-order chi connectivity index (χ1) is 14.6. The lowest BCUT2D eigenvalue weighted by Gasteiger charge is -2.32. The fourth-order valence-electron chi connectivity index (χ4n) is 5.17. The summed E-state index contributed by atoms with van der Waals surface area (Å²) in [7, 11) is 0. The van der Waals surface area contributed by atoms with E-state index in [4.69, 9.17) is 9.47 Å². The molecule has 0 fully saturated rings. The molecule has 0 unspecified atom stereocenters. The van der Waals surface area contributed by atoms with Crippen molar-refractivity contribution in [1.82, 2.24) is 0 Å². The molecule has 1 aliphatic rings. The molecule has 4 heteroatoms. The number of fused-ring (bicyclic) bond motifs is 3. The normalized spacial score (nSPS) is 18.6. The molecular formula is C26H24O4. The third-order valence-corrected chi connectivity index (χ3v) is 6.41. The second-order valence-electron chi connectivity index (χ2n) is 7.96. The molecule has 5 rings (SSSR count). The van der Waals surface area contributed by atoms with Crippen molar-refractivity contribution in [3.05, 3.63) is 59.7 Å². The molecule has 4 aromatic rings. The number of carbonyl (C=O) groups is 2. The molecule has 0 radical (unpaired) electrons. The van der Waals surface area contributed by atoms with Gasteiger partial charge in [-0.15, -0.1) is 0 Å². The maximum absolute atomic E-state index is 12.8. The molecule has 0 aliphatic heterocycles. The molecular weight excluding hydrogens is 376 g/mol. The van der Waals surface area contributed by atoms with Gasteiger partial charge in [-0.3, -0.25) is 9.59 Å². The maximum Gasteiger partial charge on any atom is 0.310 e. The van der Waals surface area contributed by atoms with E-state index in [0.29, 0.717) is 26.1 Å². The first-order valence-electron chi connectivity index (χ1n) is 10.6. The van der Waals surface area contributed by atoms with Crippen LogP contribution in [0.25, 0.3) is 32.3 Å². The molecule has 0 saturated heterocycles. The van der Waals surface area contributed by atoms with Gasteiger partial charge in [0, 0.05) is 0 Å². The molecule has 0 spiro atoms. The number of rotatable bonds is 4. The molecule has 0 aromatic heterocycles. The lowest BCUT2D eigenvalue weighted by atomic mass is 9.72. The maximum atomic E-state index is 12.8. The molecule has 30 heavy (non-hydrogen) atoms. The van der Waals surface area contributed by atoms with Gasteiger partial charge in [0.15, 0.2) is 0 Å². The topological polar surface area (TPSA) is 52.6 Å². The lowest BCUT2D eigenvalue weighted by Crippen LogP contribution is -2.38. The van der Waals surface area contributed by atoms with E-state index in [1.807, 2.05) is 0 Å². The highest BCUT2D eigenvalue weighted by molar-refractivity contribution is 6.25. The molecule has 152 valence electrons. The van der Waals surface area contributed by atoms with Gasteiger partial charge in [0.1, 0.15) is 0 Å². The molecule has 0 N–H and O–H groups in total. The van der Waals surface area contributed by atoms with Crippen molar-refractivity contribution in [1.29, 1.82) is 0 Å². The average molecular weight is 400 g/mol. The SMILES string of the molecule is CCOC(=O)[C@H]1Cc2c(c3cccc4ccc5cccc2c5c43)C[C@H]1C(=O)OCC. The molecule has 0 amide bonds. The van der Waals surface area contributed by atoms with Gasteiger partial charge in [0.05, 0.1) is 25.0 Å². The largest absolute Gasteiger partial charge is 0.466 e. The highest BCUT2D eigenvalue weighted by Crippen LogP contribution is 2.44. The van der Waals surface area contributed by atoms with Crippen molar-refractivity contribution >= 4 is 44.3 Å². The van der Waals surface area contributed by atoms with Gasteiger partial charge >= 0.3 is 11.9 Å². The third kappa shape index (κ3) is 2.74.